The number of hydrogen-bond donors (Lipinski definition) is 4. The smallest absolute Gasteiger partial charge is 0.331 e. The maximum atomic E-state index is 13.9. The number of esters is 3. The average molecular weight is 763 g/mol. The molecule has 0 amide bonds. The van der Waals surface area contributed by atoms with Crippen LogP contribution in [-0.4, -0.2) is 137 Å². The van der Waals surface area contributed by atoms with Crippen molar-refractivity contribution in [3.8, 4) is 0 Å². The fourth-order valence-corrected chi connectivity index (χ4v) is 8.54. The van der Waals surface area contributed by atoms with Crippen LogP contribution in [0.15, 0.2) is 36.4 Å². The van der Waals surface area contributed by atoms with Gasteiger partial charge < -0.3 is 63.1 Å². The Balaban J connectivity index is 1.03. The second-order valence-corrected chi connectivity index (χ2v) is 15.4. The first-order chi connectivity index (χ1) is 25.7. The number of fused-ring (bicyclic) bond motifs is 3. The lowest BCUT2D eigenvalue weighted by Gasteiger charge is -2.46. The summed E-state index contributed by atoms with van der Waals surface area (Å²) in [6, 6.07) is 9.43. The molecule has 0 unspecified atom stereocenters. The summed E-state index contributed by atoms with van der Waals surface area (Å²) >= 11 is 0. The van der Waals surface area contributed by atoms with Crippen LogP contribution in [0, 0.1) is 17.8 Å². The van der Waals surface area contributed by atoms with Crippen molar-refractivity contribution < 1.29 is 77.4 Å². The lowest BCUT2D eigenvalue weighted by molar-refractivity contribution is -0.357. The summed E-state index contributed by atoms with van der Waals surface area (Å²) in [4.78, 5) is 38.9. The molecule has 4 N–H and O–H groups in total. The topological polar surface area (TPSA) is 218 Å². The van der Waals surface area contributed by atoms with Crippen molar-refractivity contribution >= 4 is 24.0 Å². The molecule has 0 radical (unpaired) electrons. The standard InChI is InChI=1S/C38H50O16/c1-18-16-46-38(15-26(18)51-27(40)13-10-22-8-6-5-7-9-22)37(17-47-37)24-12-11-23(14-25(24)54-38)34(45)53-36-33(32(50-21(4)39)29(42)20(3)49-36)52-35-31(44)30(43)28(41)19(2)48-35/h5-10,13,18-20,23-26,28-33,35-36,41-44H,11-12,14-17H2,1-4H3/b13-10-/t18-,19-,20+,23-,24-,25+,26+,28+,29-,30+,31-,32-,33-,35+,36-,37-,38-/m1/s1. The van der Waals surface area contributed by atoms with Crippen LogP contribution in [0.1, 0.15) is 58.9 Å². The first-order valence-electron chi connectivity index (χ1n) is 18.7. The summed E-state index contributed by atoms with van der Waals surface area (Å²) in [6.07, 6.45) is -10.5. The Labute approximate surface area is 312 Å². The number of hydrogen-bond acceptors (Lipinski definition) is 16. The van der Waals surface area contributed by atoms with Gasteiger partial charge >= 0.3 is 17.9 Å². The van der Waals surface area contributed by atoms with E-state index in [0.717, 1.165) is 12.5 Å². The Morgan fingerprint density at radius 1 is 0.833 bits per heavy atom. The van der Waals surface area contributed by atoms with Gasteiger partial charge in [-0.15, -0.1) is 0 Å². The number of ether oxygens (including phenoxy) is 9. The first-order valence-corrected chi connectivity index (χ1v) is 18.7. The minimum atomic E-state index is -1.74. The number of carbonyl (C=O) groups is 3. The molecule has 1 aliphatic carbocycles. The van der Waals surface area contributed by atoms with Crippen molar-refractivity contribution in [1.29, 1.82) is 0 Å². The second-order valence-electron chi connectivity index (χ2n) is 15.4. The normalized spacial score (nSPS) is 45.9. The number of rotatable bonds is 8. The molecule has 0 bridgehead atoms. The summed E-state index contributed by atoms with van der Waals surface area (Å²) in [5.74, 6) is -3.93. The van der Waals surface area contributed by atoms with Gasteiger partial charge in [0.15, 0.2) is 24.1 Å². The summed E-state index contributed by atoms with van der Waals surface area (Å²) < 4.78 is 53.9. The number of carbonyl (C=O) groups excluding carboxylic acids is 3. The van der Waals surface area contributed by atoms with E-state index in [1.54, 1.807) is 6.08 Å². The third kappa shape index (κ3) is 7.45. The fourth-order valence-electron chi connectivity index (χ4n) is 8.54. The van der Waals surface area contributed by atoms with Crippen molar-refractivity contribution in [2.75, 3.05) is 13.2 Å². The largest absolute Gasteiger partial charge is 0.459 e. The summed E-state index contributed by atoms with van der Waals surface area (Å²) in [7, 11) is 0. The van der Waals surface area contributed by atoms with Gasteiger partial charge in [-0.1, -0.05) is 37.3 Å². The van der Waals surface area contributed by atoms with Crippen LogP contribution in [0.3, 0.4) is 0 Å². The molecule has 1 aromatic rings. The van der Waals surface area contributed by atoms with Gasteiger partial charge in [0.1, 0.15) is 30.5 Å². The van der Waals surface area contributed by atoms with Gasteiger partial charge in [-0.3, -0.25) is 9.59 Å². The van der Waals surface area contributed by atoms with Gasteiger partial charge in [-0.25, -0.2) is 4.79 Å². The van der Waals surface area contributed by atoms with E-state index in [2.05, 4.69) is 0 Å². The van der Waals surface area contributed by atoms with Gasteiger partial charge in [-0.2, -0.15) is 0 Å². The molecule has 2 spiro atoms. The molecule has 1 saturated carbocycles. The van der Waals surface area contributed by atoms with E-state index in [1.165, 1.54) is 19.9 Å². The Morgan fingerprint density at radius 2 is 1.54 bits per heavy atom. The molecule has 17 atom stereocenters. The van der Waals surface area contributed by atoms with Gasteiger partial charge in [0.2, 0.25) is 12.1 Å². The quantitative estimate of drug-likeness (QED) is 0.124. The number of aliphatic hydroxyl groups excluding tert-OH is 4. The number of epoxide rings is 1. The maximum Gasteiger partial charge on any atom is 0.331 e. The van der Waals surface area contributed by atoms with E-state index >= 15 is 0 Å². The molecule has 6 fully saturated rings. The van der Waals surface area contributed by atoms with Crippen LogP contribution < -0.4 is 0 Å². The molecule has 54 heavy (non-hydrogen) atoms. The van der Waals surface area contributed by atoms with Gasteiger partial charge in [0.25, 0.3) is 0 Å². The van der Waals surface area contributed by atoms with Gasteiger partial charge in [-0.05, 0) is 44.7 Å². The van der Waals surface area contributed by atoms with Crippen molar-refractivity contribution in [2.45, 2.75) is 138 Å². The van der Waals surface area contributed by atoms with Crippen molar-refractivity contribution in [3.05, 3.63) is 42.0 Å². The molecular formula is C38H50O16. The molecule has 6 aliphatic rings. The molecule has 5 aliphatic heterocycles. The van der Waals surface area contributed by atoms with Crippen molar-refractivity contribution in [2.24, 2.45) is 17.8 Å². The molecule has 0 aromatic heterocycles. The van der Waals surface area contributed by atoms with Crippen molar-refractivity contribution in [3.63, 3.8) is 0 Å². The van der Waals surface area contributed by atoms with Crippen LogP contribution in [0.5, 0.6) is 0 Å². The van der Waals surface area contributed by atoms with Gasteiger partial charge in [0, 0.05) is 31.3 Å². The fraction of sp³-hybridized carbons (Fsp3) is 0.711. The molecule has 7 rings (SSSR count). The zero-order chi connectivity index (χ0) is 38.5. The molecule has 16 nitrogen and oxygen atoms in total. The predicted octanol–water partition coefficient (Wildman–Crippen LogP) is 0.742. The predicted molar refractivity (Wildman–Crippen MR) is 181 cm³/mol. The second kappa shape index (κ2) is 15.5. The zero-order valence-electron chi connectivity index (χ0n) is 30.6. The highest BCUT2D eigenvalue weighted by Crippen LogP contribution is 2.62. The van der Waals surface area contributed by atoms with Crippen LogP contribution in [0.25, 0.3) is 6.08 Å². The van der Waals surface area contributed by atoms with E-state index in [9.17, 15) is 34.8 Å². The molecular weight excluding hydrogens is 712 g/mol. The zero-order valence-corrected chi connectivity index (χ0v) is 30.6. The third-order valence-electron chi connectivity index (χ3n) is 11.7. The third-order valence-corrected chi connectivity index (χ3v) is 11.7. The van der Waals surface area contributed by atoms with Gasteiger partial charge in [0.05, 0.1) is 37.4 Å². The highest BCUT2D eigenvalue weighted by Gasteiger charge is 2.76. The Hall–Kier alpha value is -3.03. The summed E-state index contributed by atoms with van der Waals surface area (Å²) in [5.41, 5.74) is 0.121. The SMILES string of the molecule is CC(=O)O[C@@H]1[C@H](O)[C@H](C)O[C@H](OC(=O)[C@@H]2CC[C@@H]3[C@H](C2)O[C@]2(C[C@H](OC(=O)/C=C\c4ccccc4)[C@H](C)CO2)[C@@]32CO2)[C@@H]1O[C@@H]1O[C@H](C)[C@H](O)[C@H](O)[C@H]1O. The highest BCUT2D eigenvalue weighted by molar-refractivity contribution is 5.87. The monoisotopic (exact) mass is 762 g/mol. The van der Waals surface area contributed by atoms with Crippen LogP contribution in [-0.2, 0) is 57.0 Å². The lowest BCUT2D eigenvalue weighted by atomic mass is 9.72. The van der Waals surface area contributed by atoms with E-state index in [1.807, 2.05) is 37.3 Å². The lowest BCUT2D eigenvalue weighted by Crippen LogP contribution is -2.64. The van der Waals surface area contributed by atoms with E-state index in [-0.39, 0.29) is 31.3 Å². The highest BCUT2D eigenvalue weighted by atomic mass is 16.8. The summed E-state index contributed by atoms with van der Waals surface area (Å²) in [5, 5.41) is 42.1. The minimum Gasteiger partial charge on any atom is -0.459 e. The Kier molecular flexibility index (Phi) is 11.2. The van der Waals surface area contributed by atoms with Crippen molar-refractivity contribution in [1.82, 2.24) is 0 Å². The van der Waals surface area contributed by atoms with Crippen LogP contribution >= 0.6 is 0 Å². The maximum absolute atomic E-state index is 13.9. The Bertz CT molecular complexity index is 1550. The van der Waals surface area contributed by atoms with Crippen LogP contribution in [0.4, 0.5) is 0 Å². The summed E-state index contributed by atoms with van der Waals surface area (Å²) in [6.45, 7) is 6.73. The van der Waals surface area contributed by atoms with Crippen LogP contribution in [0.2, 0.25) is 0 Å². The van der Waals surface area contributed by atoms with E-state index in [0.29, 0.717) is 19.4 Å². The number of aliphatic hydroxyl groups is 4. The van der Waals surface area contributed by atoms with E-state index < -0.39 is 109 Å². The van der Waals surface area contributed by atoms with E-state index in [4.69, 9.17) is 42.6 Å². The Morgan fingerprint density at radius 3 is 2.24 bits per heavy atom. The molecule has 298 valence electrons. The molecule has 5 saturated heterocycles. The number of benzene rings is 1. The average Bonchev–Trinajstić information content (AvgIpc) is 3.92. The molecule has 16 heteroatoms. The minimum absolute atomic E-state index is 0.0940. The first kappa shape index (κ1) is 39.2. The molecule has 1 aromatic carbocycles. The molecule has 5 heterocycles.